The topological polar surface area (TPSA) is 41.5 Å². The van der Waals surface area contributed by atoms with Gasteiger partial charge >= 0.3 is 0 Å². The SMILES string of the molecule is CC[C@@H](O)CN[C@@H](C)[C@@H]1COc2ccccc21. The molecule has 3 nitrogen and oxygen atoms in total. The van der Waals surface area contributed by atoms with E-state index in [1.54, 1.807) is 0 Å². The zero-order valence-electron chi connectivity index (χ0n) is 10.5. The Bertz CT molecular complexity index is 367. The molecular formula is C14H21NO2. The second-order valence-corrected chi connectivity index (χ2v) is 4.71. The molecule has 1 aliphatic rings. The van der Waals surface area contributed by atoms with Crippen LogP contribution in [0.3, 0.4) is 0 Å². The molecule has 0 saturated carbocycles. The van der Waals surface area contributed by atoms with Gasteiger partial charge in [-0.15, -0.1) is 0 Å². The van der Waals surface area contributed by atoms with Crippen molar-refractivity contribution in [1.29, 1.82) is 0 Å². The first-order valence-corrected chi connectivity index (χ1v) is 6.35. The van der Waals surface area contributed by atoms with Crippen molar-refractivity contribution in [2.24, 2.45) is 0 Å². The monoisotopic (exact) mass is 235 g/mol. The Labute approximate surface area is 103 Å². The summed E-state index contributed by atoms with van der Waals surface area (Å²) in [6.07, 6.45) is 0.535. The lowest BCUT2D eigenvalue weighted by molar-refractivity contribution is 0.160. The molecule has 0 fully saturated rings. The summed E-state index contributed by atoms with van der Waals surface area (Å²) in [4.78, 5) is 0. The lowest BCUT2D eigenvalue weighted by Crippen LogP contribution is -2.37. The summed E-state index contributed by atoms with van der Waals surface area (Å²) in [7, 11) is 0. The van der Waals surface area contributed by atoms with Crippen LogP contribution in [0.1, 0.15) is 31.7 Å². The van der Waals surface area contributed by atoms with E-state index in [4.69, 9.17) is 4.74 Å². The van der Waals surface area contributed by atoms with E-state index in [1.165, 1.54) is 5.56 Å². The zero-order valence-corrected chi connectivity index (χ0v) is 10.5. The van der Waals surface area contributed by atoms with Gasteiger partial charge in [-0.2, -0.15) is 0 Å². The second kappa shape index (κ2) is 5.52. The van der Waals surface area contributed by atoms with Crippen molar-refractivity contribution in [1.82, 2.24) is 5.32 Å². The highest BCUT2D eigenvalue weighted by molar-refractivity contribution is 5.40. The molecule has 0 amide bonds. The quantitative estimate of drug-likeness (QED) is 0.819. The van der Waals surface area contributed by atoms with Crippen LogP contribution in [0.2, 0.25) is 0 Å². The van der Waals surface area contributed by atoms with Crippen LogP contribution in [0.4, 0.5) is 0 Å². The number of nitrogens with one attached hydrogen (secondary N) is 1. The van der Waals surface area contributed by atoms with Crippen LogP contribution in [0.5, 0.6) is 5.75 Å². The van der Waals surface area contributed by atoms with Gasteiger partial charge in [-0.1, -0.05) is 25.1 Å². The van der Waals surface area contributed by atoms with Gasteiger partial charge in [-0.25, -0.2) is 0 Å². The average molecular weight is 235 g/mol. The van der Waals surface area contributed by atoms with Crippen molar-refractivity contribution in [3.63, 3.8) is 0 Å². The number of hydrogen-bond donors (Lipinski definition) is 2. The van der Waals surface area contributed by atoms with Crippen LogP contribution in [0.25, 0.3) is 0 Å². The van der Waals surface area contributed by atoms with Gasteiger partial charge in [-0.3, -0.25) is 0 Å². The first kappa shape index (κ1) is 12.4. The van der Waals surface area contributed by atoms with Gasteiger partial charge in [0, 0.05) is 24.1 Å². The molecule has 0 saturated heterocycles. The summed E-state index contributed by atoms with van der Waals surface area (Å²) >= 11 is 0. The number of fused-ring (bicyclic) bond motifs is 1. The fourth-order valence-corrected chi connectivity index (χ4v) is 2.21. The molecule has 0 aromatic heterocycles. The molecule has 0 radical (unpaired) electrons. The Kier molecular flexibility index (Phi) is 4.02. The van der Waals surface area contributed by atoms with Gasteiger partial charge in [0.25, 0.3) is 0 Å². The smallest absolute Gasteiger partial charge is 0.122 e. The van der Waals surface area contributed by atoms with Crippen molar-refractivity contribution in [3.8, 4) is 5.75 Å². The van der Waals surface area contributed by atoms with E-state index in [-0.39, 0.29) is 6.10 Å². The first-order chi connectivity index (χ1) is 8.22. The molecule has 1 aliphatic heterocycles. The van der Waals surface area contributed by atoms with Crippen LogP contribution in [0.15, 0.2) is 24.3 Å². The van der Waals surface area contributed by atoms with Gasteiger partial charge in [0.1, 0.15) is 5.75 Å². The highest BCUT2D eigenvalue weighted by Crippen LogP contribution is 2.35. The van der Waals surface area contributed by atoms with E-state index >= 15 is 0 Å². The summed E-state index contributed by atoms with van der Waals surface area (Å²) in [6.45, 7) is 5.52. The molecule has 94 valence electrons. The Balaban J connectivity index is 1.95. The molecule has 0 spiro atoms. The van der Waals surface area contributed by atoms with Crippen molar-refractivity contribution in [2.45, 2.75) is 38.3 Å². The summed E-state index contributed by atoms with van der Waals surface area (Å²) in [5, 5.41) is 12.9. The fourth-order valence-electron chi connectivity index (χ4n) is 2.21. The van der Waals surface area contributed by atoms with Crippen LogP contribution in [0, 0.1) is 0 Å². The number of aliphatic hydroxyl groups excluding tert-OH is 1. The molecule has 0 unspecified atom stereocenters. The third kappa shape index (κ3) is 2.79. The Morgan fingerprint density at radius 2 is 2.24 bits per heavy atom. The van der Waals surface area contributed by atoms with E-state index in [2.05, 4.69) is 18.3 Å². The highest BCUT2D eigenvalue weighted by atomic mass is 16.5. The largest absolute Gasteiger partial charge is 0.493 e. The molecule has 17 heavy (non-hydrogen) atoms. The second-order valence-electron chi connectivity index (χ2n) is 4.71. The number of aliphatic hydroxyl groups is 1. The molecule has 1 aromatic rings. The minimum atomic E-state index is -0.255. The van der Waals surface area contributed by atoms with E-state index < -0.39 is 0 Å². The molecule has 1 heterocycles. The van der Waals surface area contributed by atoms with Crippen LogP contribution >= 0.6 is 0 Å². The van der Waals surface area contributed by atoms with Crippen LogP contribution in [-0.4, -0.2) is 30.4 Å². The maximum Gasteiger partial charge on any atom is 0.122 e. The van der Waals surface area contributed by atoms with Gasteiger partial charge in [0.2, 0.25) is 0 Å². The Hall–Kier alpha value is -1.06. The lowest BCUT2D eigenvalue weighted by atomic mass is 9.94. The summed E-state index contributed by atoms with van der Waals surface area (Å²) in [5.74, 6) is 1.39. The molecule has 1 aromatic carbocycles. The van der Waals surface area contributed by atoms with Crippen molar-refractivity contribution in [3.05, 3.63) is 29.8 Å². The number of para-hydroxylation sites is 1. The number of rotatable bonds is 5. The number of benzene rings is 1. The van der Waals surface area contributed by atoms with Gasteiger partial charge < -0.3 is 15.2 Å². The maximum absolute atomic E-state index is 9.55. The van der Waals surface area contributed by atoms with Gasteiger partial charge in [0.15, 0.2) is 0 Å². The maximum atomic E-state index is 9.55. The van der Waals surface area contributed by atoms with Crippen molar-refractivity contribution >= 4 is 0 Å². The molecule has 0 bridgehead atoms. The first-order valence-electron chi connectivity index (χ1n) is 6.35. The Morgan fingerprint density at radius 3 is 3.00 bits per heavy atom. The normalized spacial score (nSPS) is 21.7. The van der Waals surface area contributed by atoms with E-state index in [1.807, 2.05) is 25.1 Å². The lowest BCUT2D eigenvalue weighted by Gasteiger charge is -2.21. The summed E-state index contributed by atoms with van der Waals surface area (Å²) < 4.78 is 5.66. The minimum Gasteiger partial charge on any atom is -0.493 e. The molecular weight excluding hydrogens is 214 g/mol. The number of ether oxygens (including phenoxy) is 1. The van der Waals surface area contributed by atoms with E-state index in [9.17, 15) is 5.11 Å². The predicted octanol–water partition coefficient (Wildman–Crippen LogP) is 1.91. The Morgan fingerprint density at radius 1 is 1.47 bits per heavy atom. The van der Waals surface area contributed by atoms with E-state index in [0.29, 0.717) is 18.5 Å². The third-order valence-corrected chi connectivity index (χ3v) is 3.49. The molecule has 2 rings (SSSR count). The molecule has 3 atom stereocenters. The van der Waals surface area contributed by atoms with Gasteiger partial charge in [-0.05, 0) is 19.4 Å². The fraction of sp³-hybridized carbons (Fsp3) is 0.571. The highest BCUT2D eigenvalue weighted by Gasteiger charge is 2.28. The molecule has 0 aliphatic carbocycles. The van der Waals surface area contributed by atoms with Crippen LogP contribution in [-0.2, 0) is 0 Å². The predicted molar refractivity (Wildman–Crippen MR) is 68.4 cm³/mol. The minimum absolute atomic E-state index is 0.255. The van der Waals surface area contributed by atoms with Crippen molar-refractivity contribution in [2.75, 3.05) is 13.2 Å². The molecule has 2 N–H and O–H groups in total. The molecule has 3 heteroatoms. The van der Waals surface area contributed by atoms with E-state index in [0.717, 1.165) is 18.8 Å². The van der Waals surface area contributed by atoms with Crippen molar-refractivity contribution < 1.29 is 9.84 Å². The van der Waals surface area contributed by atoms with Gasteiger partial charge in [0.05, 0.1) is 12.7 Å². The summed E-state index contributed by atoms with van der Waals surface area (Å²) in [6, 6.07) is 8.51. The average Bonchev–Trinajstić information content (AvgIpc) is 2.79. The zero-order chi connectivity index (χ0) is 12.3. The van der Waals surface area contributed by atoms with Crippen LogP contribution < -0.4 is 10.1 Å². The number of hydrogen-bond acceptors (Lipinski definition) is 3. The standard InChI is InChI=1S/C14H21NO2/c1-3-11(16)8-15-10(2)13-9-17-14-7-5-4-6-12(13)14/h4-7,10-11,13,15-16H,3,8-9H2,1-2H3/t10-,11+,13-/m0/s1. The summed E-state index contributed by atoms with van der Waals surface area (Å²) in [5.41, 5.74) is 1.28. The third-order valence-electron chi connectivity index (χ3n) is 3.49.